The van der Waals surface area contributed by atoms with Gasteiger partial charge in [-0.05, 0) is 37.3 Å². The predicted molar refractivity (Wildman–Crippen MR) is 104 cm³/mol. The molecule has 0 spiro atoms. The Morgan fingerprint density at radius 3 is 2.37 bits per heavy atom. The van der Waals surface area contributed by atoms with Crippen molar-refractivity contribution < 1.29 is 19.1 Å². The molecule has 8 heteroatoms. The predicted octanol–water partition coefficient (Wildman–Crippen LogP) is 2.68. The third kappa shape index (κ3) is 6.09. The van der Waals surface area contributed by atoms with E-state index in [0.29, 0.717) is 22.0 Å². The van der Waals surface area contributed by atoms with Gasteiger partial charge in [-0.2, -0.15) is 0 Å². The van der Waals surface area contributed by atoms with Gasteiger partial charge in [0, 0.05) is 18.5 Å². The molecular weight excluding hydrogens is 370 g/mol. The molecule has 2 aromatic rings. The van der Waals surface area contributed by atoms with Gasteiger partial charge >= 0.3 is 0 Å². The number of anilines is 2. The van der Waals surface area contributed by atoms with Crippen LogP contribution in [-0.2, 0) is 14.3 Å². The number of nitrogens with one attached hydrogen (secondary N) is 3. The van der Waals surface area contributed by atoms with Crippen LogP contribution in [0.2, 0.25) is 5.02 Å². The van der Waals surface area contributed by atoms with Crippen molar-refractivity contribution in [2.75, 3.05) is 24.4 Å². The van der Waals surface area contributed by atoms with Gasteiger partial charge in [0.05, 0.1) is 10.6 Å². The van der Waals surface area contributed by atoms with Gasteiger partial charge in [0.2, 0.25) is 11.8 Å². The molecule has 142 valence electrons. The van der Waals surface area contributed by atoms with Gasteiger partial charge < -0.3 is 20.7 Å². The average molecular weight is 390 g/mol. The van der Waals surface area contributed by atoms with Crippen molar-refractivity contribution in [1.29, 1.82) is 0 Å². The van der Waals surface area contributed by atoms with Crippen molar-refractivity contribution >= 4 is 40.7 Å². The fourth-order valence-corrected chi connectivity index (χ4v) is 2.46. The topological polar surface area (TPSA) is 96.5 Å². The normalized spacial score (nSPS) is 11.4. The van der Waals surface area contributed by atoms with Gasteiger partial charge in [-0.1, -0.05) is 29.8 Å². The highest BCUT2D eigenvalue weighted by Gasteiger charge is 2.18. The second-order valence-electron chi connectivity index (χ2n) is 5.73. The number of amides is 3. The summed E-state index contributed by atoms with van der Waals surface area (Å²) in [6.07, 6.45) is 0. The van der Waals surface area contributed by atoms with Crippen molar-refractivity contribution in [3.05, 3.63) is 59.1 Å². The first-order valence-electron chi connectivity index (χ1n) is 8.16. The largest absolute Gasteiger partial charge is 0.375 e. The highest BCUT2D eigenvalue weighted by molar-refractivity contribution is 6.33. The molecule has 0 aliphatic heterocycles. The Kier molecular flexibility index (Phi) is 7.34. The molecule has 0 saturated carbocycles. The summed E-state index contributed by atoms with van der Waals surface area (Å²) in [5, 5.41) is 8.24. The molecule has 0 aliphatic rings. The first-order chi connectivity index (χ1) is 12.9. The van der Waals surface area contributed by atoms with E-state index in [-0.39, 0.29) is 12.5 Å². The number of halogens is 1. The van der Waals surface area contributed by atoms with Crippen LogP contribution >= 0.6 is 11.6 Å². The zero-order chi connectivity index (χ0) is 19.8. The summed E-state index contributed by atoms with van der Waals surface area (Å²) in [7, 11) is 1.43. The highest BCUT2D eigenvalue weighted by Crippen LogP contribution is 2.16. The molecule has 0 radical (unpaired) electrons. The Balaban J connectivity index is 1.97. The Hall–Kier alpha value is -2.90. The maximum Gasteiger partial charge on any atom is 0.253 e. The van der Waals surface area contributed by atoms with Crippen molar-refractivity contribution in [3.63, 3.8) is 0 Å². The van der Waals surface area contributed by atoms with E-state index in [9.17, 15) is 14.4 Å². The molecule has 7 nitrogen and oxygen atoms in total. The Labute approximate surface area is 162 Å². The van der Waals surface area contributed by atoms with Crippen LogP contribution in [0.3, 0.4) is 0 Å². The lowest BCUT2D eigenvalue weighted by atomic mass is 10.2. The monoisotopic (exact) mass is 389 g/mol. The Bertz CT molecular complexity index is 841. The van der Waals surface area contributed by atoms with E-state index in [4.69, 9.17) is 16.3 Å². The molecule has 0 aliphatic carbocycles. The second kappa shape index (κ2) is 9.70. The first-order valence-corrected chi connectivity index (χ1v) is 8.53. The number of benzene rings is 2. The van der Waals surface area contributed by atoms with E-state index in [0.717, 1.165) is 0 Å². The Morgan fingerprint density at radius 1 is 1.04 bits per heavy atom. The molecule has 0 aromatic heterocycles. The van der Waals surface area contributed by atoms with E-state index in [1.807, 2.05) is 0 Å². The molecule has 3 amide bonds. The third-order valence-corrected chi connectivity index (χ3v) is 3.88. The van der Waals surface area contributed by atoms with Crippen LogP contribution in [0.25, 0.3) is 0 Å². The minimum atomic E-state index is -0.791. The van der Waals surface area contributed by atoms with Gasteiger partial charge in [0.1, 0.15) is 12.6 Å². The number of rotatable bonds is 7. The van der Waals surface area contributed by atoms with Crippen LogP contribution in [-0.4, -0.2) is 37.5 Å². The standard InChI is InChI=1S/C19H20ClN3O4/c1-12(21-19(26)15-8-3-4-9-16(15)20)18(25)23-14-7-5-6-13(10-14)22-17(24)11-27-2/h3-10,12H,11H2,1-2H3,(H,21,26)(H,22,24)(H,23,25). The number of hydrogen-bond acceptors (Lipinski definition) is 4. The van der Waals surface area contributed by atoms with E-state index < -0.39 is 17.9 Å². The molecule has 1 atom stereocenters. The average Bonchev–Trinajstić information content (AvgIpc) is 2.62. The van der Waals surface area contributed by atoms with E-state index >= 15 is 0 Å². The molecule has 3 N–H and O–H groups in total. The van der Waals surface area contributed by atoms with E-state index in [2.05, 4.69) is 16.0 Å². The molecule has 0 fully saturated rings. The van der Waals surface area contributed by atoms with Crippen LogP contribution in [0, 0.1) is 0 Å². The molecule has 2 rings (SSSR count). The van der Waals surface area contributed by atoms with Crippen molar-refractivity contribution in [3.8, 4) is 0 Å². The zero-order valence-corrected chi connectivity index (χ0v) is 15.7. The van der Waals surface area contributed by atoms with Crippen LogP contribution in [0.1, 0.15) is 17.3 Å². The second-order valence-corrected chi connectivity index (χ2v) is 6.13. The van der Waals surface area contributed by atoms with Crippen molar-refractivity contribution in [1.82, 2.24) is 5.32 Å². The minimum absolute atomic E-state index is 0.0678. The van der Waals surface area contributed by atoms with Crippen LogP contribution in [0.15, 0.2) is 48.5 Å². The summed E-state index contributed by atoms with van der Waals surface area (Å²) in [6, 6.07) is 12.4. The van der Waals surface area contributed by atoms with Crippen LogP contribution in [0.4, 0.5) is 11.4 Å². The molecule has 0 heterocycles. The first kappa shape index (κ1) is 20.4. The van der Waals surface area contributed by atoms with E-state index in [1.165, 1.54) is 7.11 Å². The van der Waals surface area contributed by atoms with Crippen LogP contribution < -0.4 is 16.0 Å². The summed E-state index contributed by atoms with van der Waals surface area (Å²) >= 11 is 5.99. The van der Waals surface area contributed by atoms with Gasteiger partial charge in [-0.3, -0.25) is 14.4 Å². The lowest BCUT2D eigenvalue weighted by Gasteiger charge is -2.15. The van der Waals surface area contributed by atoms with Gasteiger partial charge in [0.15, 0.2) is 0 Å². The van der Waals surface area contributed by atoms with Crippen molar-refractivity contribution in [2.24, 2.45) is 0 Å². The quantitative estimate of drug-likeness (QED) is 0.678. The number of carbonyl (C=O) groups is 3. The number of methoxy groups -OCH3 is 1. The van der Waals surface area contributed by atoms with Gasteiger partial charge in [-0.15, -0.1) is 0 Å². The number of carbonyl (C=O) groups excluding carboxylic acids is 3. The van der Waals surface area contributed by atoms with Gasteiger partial charge in [-0.25, -0.2) is 0 Å². The maximum atomic E-state index is 12.3. The van der Waals surface area contributed by atoms with Gasteiger partial charge in [0.25, 0.3) is 5.91 Å². The summed E-state index contributed by atoms with van der Waals surface area (Å²) in [5.41, 5.74) is 1.29. The Morgan fingerprint density at radius 2 is 1.70 bits per heavy atom. The highest BCUT2D eigenvalue weighted by atomic mass is 35.5. The maximum absolute atomic E-state index is 12.3. The fourth-order valence-electron chi connectivity index (χ4n) is 2.24. The number of ether oxygens (including phenoxy) is 1. The molecule has 0 bridgehead atoms. The number of hydrogen-bond donors (Lipinski definition) is 3. The zero-order valence-electron chi connectivity index (χ0n) is 14.9. The summed E-state index contributed by atoms with van der Waals surface area (Å²) < 4.78 is 4.75. The minimum Gasteiger partial charge on any atom is -0.375 e. The van der Waals surface area contributed by atoms with Crippen LogP contribution in [0.5, 0.6) is 0 Å². The molecule has 27 heavy (non-hydrogen) atoms. The fraction of sp³-hybridized carbons (Fsp3) is 0.211. The lowest BCUT2D eigenvalue weighted by Crippen LogP contribution is -2.41. The smallest absolute Gasteiger partial charge is 0.253 e. The summed E-state index contributed by atoms with van der Waals surface area (Å²) in [6.45, 7) is 1.50. The molecular formula is C19H20ClN3O4. The molecule has 0 saturated heterocycles. The lowest BCUT2D eigenvalue weighted by molar-refractivity contribution is -0.119. The van der Waals surface area contributed by atoms with E-state index in [1.54, 1.807) is 55.5 Å². The van der Waals surface area contributed by atoms with Crippen molar-refractivity contribution in [2.45, 2.75) is 13.0 Å². The molecule has 1 unspecified atom stereocenters. The SMILES string of the molecule is COCC(=O)Nc1cccc(NC(=O)C(C)NC(=O)c2ccccc2Cl)c1. The third-order valence-electron chi connectivity index (χ3n) is 3.55. The summed E-state index contributed by atoms with van der Waals surface area (Å²) in [5.74, 6) is -1.15. The molecule has 2 aromatic carbocycles. The summed E-state index contributed by atoms with van der Waals surface area (Å²) in [4.78, 5) is 36.1.